The van der Waals surface area contributed by atoms with Crippen LogP contribution in [0.15, 0.2) is 77.9 Å². The quantitative estimate of drug-likeness (QED) is 0.265. The van der Waals surface area contributed by atoms with E-state index in [2.05, 4.69) is 15.8 Å². The van der Waals surface area contributed by atoms with E-state index in [1.54, 1.807) is 6.07 Å². The normalized spacial score (nSPS) is 14.7. The van der Waals surface area contributed by atoms with Gasteiger partial charge in [0.1, 0.15) is 0 Å². The van der Waals surface area contributed by atoms with Gasteiger partial charge in [-0.15, -0.1) is 0 Å². The number of hydrogen-bond acceptors (Lipinski definition) is 6. The molecule has 6 rings (SSSR count). The van der Waals surface area contributed by atoms with Gasteiger partial charge in [0.15, 0.2) is 11.5 Å². The molecule has 2 heterocycles. The maximum atomic E-state index is 13.3. The first-order valence-corrected chi connectivity index (χ1v) is 12.6. The van der Waals surface area contributed by atoms with Gasteiger partial charge >= 0.3 is 0 Å². The lowest BCUT2D eigenvalue weighted by Crippen LogP contribution is -2.28. The first kappa shape index (κ1) is 23.7. The van der Waals surface area contributed by atoms with Crippen molar-refractivity contribution in [3.8, 4) is 22.8 Å². The Morgan fingerprint density at radius 3 is 2.53 bits per heavy atom. The molecule has 2 aliphatic rings. The molecule has 1 aliphatic carbocycles. The zero-order valence-corrected chi connectivity index (χ0v) is 20.9. The minimum atomic E-state index is -0.339. The number of nitrogens with zero attached hydrogens (tertiary/aromatic N) is 2. The van der Waals surface area contributed by atoms with Crippen LogP contribution in [-0.2, 0) is 4.79 Å². The summed E-state index contributed by atoms with van der Waals surface area (Å²) in [7, 11) is 0. The molecule has 2 amide bonds. The van der Waals surface area contributed by atoms with E-state index in [0.717, 1.165) is 41.5 Å². The van der Waals surface area contributed by atoms with Crippen molar-refractivity contribution in [2.24, 2.45) is 11.0 Å². The number of nitrogens with one attached hydrogen (secondary N) is 2. The molecule has 38 heavy (non-hydrogen) atoms. The monoisotopic (exact) mass is 506 g/mol. The highest BCUT2D eigenvalue weighted by Crippen LogP contribution is 2.36. The van der Waals surface area contributed by atoms with E-state index in [1.807, 2.05) is 73.7 Å². The van der Waals surface area contributed by atoms with Crippen LogP contribution in [0.3, 0.4) is 0 Å². The maximum Gasteiger partial charge on any atom is 0.272 e. The fourth-order valence-electron chi connectivity index (χ4n) is 4.54. The summed E-state index contributed by atoms with van der Waals surface area (Å²) in [5.41, 5.74) is 7.56. The molecule has 1 aliphatic heterocycles. The highest BCUT2D eigenvalue weighted by Gasteiger charge is 2.25. The molecular weight excluding hydrogens is 480 g/mol. The van der Waals surface area contributed by atoms with Crippen LogP contribution in [0.2, 0.25) is 0 Å². The van der Waals surface area contributed by atoms with Crippen LogP contribution in [0.1, 0.15) is 42.1 Å². The zero-order valence-electron chi connectivity index (χ0n) is 20.9. The Balaban J connectivity index is 1.22. The molecule has 190 valence electrons. The van der Waals surface area contributed by atoms with Crippen molar-refractivity contribution in [3.05, 3.63) is 83.9 Å². The summed E-state index contributed by atoms with van der Waals surface area (Å²) in [6, 6.07) is 22.3. The van der Waals surface area contributed by atoms with Gasteiger partial charge in [-0.05, 0) is 67.8 Å². The molecule has 0 radical (unpaired) electrons. The summed E-state index contributed by atoms with van der Waals surface area (Å²) < 4.78 is 10.9. The zero-order chi connectivity index (χ0) is 26.1. The first-order valence-electron chi connectivity index (χ1n) is 12.6. The smallest absolute Gasteiger partial charge is 0.272 e. The number of hydrazone groups is 1. The number of rotatable bonds is 6. The number of pyridine rings is 1. The van der Waals surface area contributed by atoms with E-state index in [1.165, 1.54) is 0 Å². The van der Waals surface area contributed by atoms with E-state index < -0.39 is 0 Å². The number of amides is 2. The van der Waals surface area contributed by atoms with Crippen molar-refractivity contribution in [1.82, 2.24) is 10.4 Å². The maximum absolute atomic E-state index is 13.3. The van der Waals surface area contributed by atoms with E-state index in [9.17, 15) is 9.59 Å². The van der Waals surface area contributed by atoms with Gasteiger partial charge in [-0.2, -0.15) is 5.10 Å². The lowest BCUT2D eigenvalue weighted by Gasteiger charge is -2.24. The predicted molar refractivity (Wildman–Crippen MR) is 145 cm³/mol. The third-order valence-electron chi connectivity index (χ3n) is 7.00. The molecule has 8 nitrogen and oxygen atoms in total. The number of anilines is 1. The summed E-state index contributed by atoms with van der Waals surface area (Å²) in [4.78, 5) is 30.2. The topological polar surface area (TPSA) is 102 Å². The van der Waals surface area contributed by atoms with Gasteiger partial charge in [-0.1, -0.05) is 36.8 Å². The summed E-state index contributed by atoms with van der Waals surface area (Å²) in [6.45, 7) is 2.01. The summed E-state index contributed by atoms with van der Waals surface area (Å²) in [5.74, 6) is 1.20. The van der Waals surface area contributed by atoms with Crippen molar-refractivity contribution < 1.29 is 19.1 Å². The van der Waals surface area contributed by atoms with Gasteiger partial charge in [-0.3, -0.25) is 9.59 Å². The Labute approximate surface area is 219 Å². The molecule has 8 heteroatoms. The number of carbonyl (C=O) groups is 2. The minimum absolute atomic E-state index is 0.0753. The molecule has 1 fully saturated rings. The van der Waals surface area contributed by atoms with Crippen molar-refractivity contribution in [2.45, 2.75) is 26.2 Å². The summed E-state index contributed by atoms with van der Waals surface area (Å²) >= 11 is 0. The molecule has 1 aromatic heterocycles. The van der Waals surface area contributed by atoms with Crippen molar-refractivity contribution in [2.75, 3.05) is 12.1 Å². The molecular formula is C30H26N4O4. The Bertz CT molecular complexity index is 1580. The number of aromatic nitrogens is 1. The summed E-state index contributed by atoms with van der Waals surface area (Å²) in [5, 5.41) is 8.03. The number of fused-ring (bicyclic) bond motifs is 2. The van der Waals surface area contributed by atoms with Crippen LogP contribution < -0.4 is 20.2 Å². The Hall–Kier alpha value is -4.72. The SMILES string of the molecule is CC(=NNC(=O)c1cc(-c2ccc3c(c2)OCO3)nc2ccccc12)c1ccc(NC(=O)C2CCC2)cc1. The number of hydrogen-bond donors (Lipinski definition) is 2. The van der Waals surface area contributed by atoms with E-state index in [4.69, 9.17) is 14.5 Å². The third kappa shape index (κ3) is 4.68. The van der Waals surface area contributed by atoms with Crippen LogP contribution in [0.4, 0.5) is 5.69 Å². The highest BCUT2D eigenvalue weighted by molar-refractivity contribution is 6.08. The lowest BCUT2D eigenvalue weighted by molar-refractivity contribution is -0.122. The van der Waals surface area contributed by atoms with Crippen molar-refractivity contribution >= 4 is 34.1 Å². The fraction of sp³-hybridized carbons (Fsp3) is 0.200. The van der Waals surface area contributed by atoms with Crippen LogP contribution in [-0.4, -0.2) is 29.3 Å². The van der Waals surface area contributed by atoms with Crippen LogP contribution in [0.25, 0.3) is 22.2 Å². The predicted octanol–water partition coefficient (Wildman–Crippen LogP) is 5.52. The number of ether oxygens (including phenoxy) is 2. The van der Waals surface area contributed by atoms with Crippen molar-refractivity contribution in [3.63, 3.8) is 0 Å². The molecule has 0 saturated heterocycles. The van der Waals surface area contributed by atoms with E-state index in [0.29, 0.717) is 34.0 Å². The number of para-hydroxylation sites is 1. The lowest BCUT2D eigenvalue weighted by atomic mass is 9.85. The average Bonchev–Trinajstić information content (AvgIpc) is 3.38. The molecule has 3 aromatic carbocycles. The van der Waals surface area contributed by atoms with Gasteiger partial charge in [0.05, 0.1) is 22.5 Å². The van der Waals surface area contributed by atoms with Gasteiger partial charge in [0.25, 0.3) is 5.91 Å². The van der Waals surface area contributed by atoms with Gasteiger partial charge in [-0.25, -0.2) is 10.4 Å². The largest absolute Gasteiger partial charge is 0.454 e. The third-order valence-corrected chi connectivity index (χ3v) is 7.00. The van der Waals surface area contributed by atoms with Gasteiger partial charge in [0.2, 0.25) is 12.7 Å². The Morgan fingerprint density at radius 2 is 1.74 bits per heavy atom. The molecule has 1 saturated carbocycles. The molecule has 0 spiro atoms. The molecule has 0 atom stereocenters. The second kappa shape index (κ2) is 9.97. The fourth-order valence-corrected chi connectivity index (χ4v) is 4.54. The molecule has 2 N–H and O–H groups in total. The second-order valence-corrected chi connectivity index (χ2v) is 9.47. The Kier molecular flexibility index (Phi) is 6.21. The number of benzene rings is 3. The van der Waals surface area contributed by atoms with Gasteiger partial charge in [0, 0.05) is 22.6 Å². The standard InChI is InChI=1S/C30H26N4O4/c1-18(19-9-12-22(13-10-19)31-29(35)20-5-4-6-20)33-34-30(36)24-16-26(32-25-8-3-2-7-23(24)25)21-11-14-27-28(15-21)38-17-37-27/h2-3,7-16,20H,4-6,17H2,1H3,(H,31,35)(H,34,36). The van der Waals surface area contributed by atoms with Crippen LogP contribution >= 0.6 is 0 Å². The highest BCUT2D eigenvalue weighted by atomic mass is 16.7. The van der Waals surface area contributed by atoms with E-state index >= 15 is 0 Å². The molecule has 0 unspecified atom stereocenters. The van der Waals surface area contributed by atoms with Crippen molar-refractivity contribution in [1.29, 1.82) is 0 Å². The average molecular weight is 507 g/mol. The number of carbonyl (C=O) groups excluding carboxylic acids is 2. The first-order chi connectivity index (χ1) is 18.5. The minimum Gasteiger partial charge on any atom is -0.454 e. The van der Waals surface area contributed by atoms with Crippen LogP contribution in [0, 0.1) is 5.92 Å². The van der Waals surface area contributed by atoms with Gasteiger partial charge < -0.3 is 14.8 Å². The van der Waals surface area contributed by atoms with Crippen LogP contribution in [0.5, 0.6) is 11.5 Å². The molecule has 0 bridgehead atoms. The van der Waals surface area contributed by atoms with E-state index in [-0.39, 0.29) is 24.5 Å². The summed E-state index contributed by atoms with van der Waals surface area (Å²) in [6.07, 6.45) is 3.04. The molecule has 4 aromatic rings. The Morgan fingerprint density at radius 1 is 0.947 bits per heavy atom. The second-order valence-electron chi connectivity index (χ2n) is 9.47.